The van der Waals surface area contributed by atoms with Gasteiger partial charge in [-0.3, -0.25) is 9.78 Å². The summed E-state index contributed by atoms with van der Waals surface area (Å²) in [6.07, 6.45) is 4.92. The maximum absolute atomic E-state index is 11.4. The third-order valence-electron chi connectivity index (χ3n) is 3.71. The molecule has 1 aromatic carbocycles. The van der Waals surface area contributed by atoms with E-state index in [1.54, 1.807) is 17.5 Å². The van der Waals surface area contributed by atoms with Crippen LogP contribution in [0.5, 0.6) is 0 Å². The van der Waals surface area contributed by atoms with Crippen LogP contribution in [0.3, 0.4) is 0 Å². The summed E-state index contributed by atoms with van der Waals surface area (Å²) in [4.78, 5) is 20.3. The average Bonchev–Trinajstić information content (AvgIpc) is 3.05. The molecule has 0 fully saturated rings. The molecule has 0 atom stereocenters. The third-order valence-corrected chi connectivity index (χ3v) is 4.60. The van der Waals surface area contributed by atoms with E-state index in [4.69, 9.17) is 4.98 Å². The Morgan fingerprint density at radius 3 is 2.95 bits per heavy atom. The van der Waals surface area contributed by atoms with Crippen LogP contribution in [-0.2, 0) is 11.2 Å². The van der Waals surface area contributed by atoms with Gasteiger partial charge in [0.15, 0.2) is 0 Å². The minimum absolute atomic E-state index is 0.0905. The first-order valence-corrected chi connectivity index (χ1v) is 7.97. The van der Waals surface area contributed by atoms with Gasteiger partial charge in [0.25, 0.3) is 0 Å². The molecule has 4 nitrogen and oxygen atoms in total. The van der Waals surface area contributed by atoms with Crippen LogP contribution in [0, 0.1) is 0 Å². The standard InChI is InChI=1S/C17H13N3OS/c21-16-6-4-11-8-12(3-5-14(11)19-16)15-10-22-17(20-15)13-2-1-7-18-9-13/h1-3,5,7-10H,4,6H2,(H,19,21). The topological polar surface area (TPSA) is 54.9 Å². The zero-order valence-corrected chi connectivity index (χ0v) is 12.6. The van der Waals surface area contributed by atoms with Gasteiger partial charge in [0.05, 0.1) is 5.69 Å². The second kappa shape index (κ2) is 5.35. The molecule has 3 aromatic rings. The molecule has 0 radical (unpaired) electrons. The Labute approximate surface area is 131 Å². The molecular formula is C17H13N3OS. The summed E-state index contributed by atoms with van der Waals surface area (Å²) in [7, 11) is 0. The summed E-state index contributed by atoms with van der Waals surface area (Å²) in [5.74, 6) is 0.0905. The molecule has 22 heavy (non-hydrogen) atoms. The summed E-state index contributed by atoms with van der Waals surface area (Å²) in [6.45, 7) is 0. The fraction of sp³-hybridized carbons (Fsp3) is 0.118. The quantitative estimate of drug-likeness (QED) is 0.784. The molecule has 0 bridgehead atoms. The molecule has 108 valence electrons. The van der Waals surface area contributed by atoms with Crippen LogP contribution in [0.2, 0.25) is 0 Å². The van der Waals surface area contributed by atoms with E-state index in [0.717, 1.165) is 33.9 Å². The summed E-state index contributed by atoms with van der Waals surface area (Å²) in [5, 5.41) is 5.93. The molecule has 1 aliphatic heterocycles. The lowest BCUT2D eigenvalue weighted by molar-refractivity contribution is -0.116. The first kappa shape index (κ1) is 13.2. The second-order valence-electron chi connectivity index (χ2n) is 5.20. The number of fused-ring (bicyclic) bond motifs is 1. The predicted molar refractivity (Wildman–Crippen MR) is 87.7 cm³/mol. The highest BCUT2D eigenvalue weighted by Crippen LogP contribution is 2.31. The van der Waals surface area contributed by atoms with Crippen LogP contribution in [0.15, 0.2) is 48.1 Å². The summed E-state index contributed by atoms with van der Waals surface area (Å²) in [5.41, 5.74) is 5.17. The number of rotatable bonds is 2. The maximum atomic E-state index is 11.4. The fourth-order valence-corrected chi connectivity index (χ4v) is 3.39. The normalized spacial score (nSPS) is 13.5. The molecular weight excluding hydrogens is 294 g/mol. The van der Waals surface area contributed by atoms with Crippen molar-refractivity contribution in [1.29, 1.82) is 0 Å². The van der Waals surface area contributed by atoms with E-state index in [-0.39, 0.29) is 5.91 Å². The Balaban J connectivity index is 1.68. The Bertz CT molecular complexity index is 842. The van der Waals surface area contributed by atoms with E-state index in [9.17, 15) is 4.79 Å². The lowest BCUT2D eigenvalue weighted by atomic mass is 9.99. The maximum Gasteiger partial charge on any atom is 0.224 e. The SMILES string of the molecule is O=C1CCc2cc(-c3csc(-c4cccnc4)n3)ccc2N1. The number of thiazole rings is 1. The first-order valence-electron chi connectivity index (χ1n) is 7.09. The number of anilines is 1. The molecule has 0 aliphatic carbocycles. The van der Waals surface area contributed by atoms with E-state index >= 15 is 0 Å². The van der Waals surface area contributed by atoms with Crippen molar-refractivity contribution in [1.82, 2.24) is 9.97 Å². The van der Waals surface area contributed by atoms with E-state index in [2.05, 4.69) is 21.7 Å². The molecule has 2 aromatic heterocycles. The van der Waals surface area contributed by atoms with Gasteiger partial charge in [-0.1, -0.05) is 6.07 Å². The van der Waals surface area contributed by atoms with Crippen molar-refractivity contribution >= 4 is 22.9 Å². The monoisotopic (exact) mass is 307 g/mol. The van der Waals surface area contributed by atoms with Gasteiger partial charge in [0, 0.05) is 41.0 Å². The number of hydrogen-bond acceptors (Lipinski definition) is 4. The number of aromatic nitrogens is 2. The Kier molecular flexibility index (Phi) is 3.20. The molecule has 3 heterocycles. The van der Waals surface area contributed by atoms with E-state index < -0.39 is 0 Å². The van der Waals surface area contributed by atoms with Gasteiger partial charge in [-0.2, -0.15) is 0 Å². The van der Waals surface area contributed by atoms with Crippen LogP contribution in [0.25, 0.3) is 21.8 Å². The van der Waals surface area contributed by atoms with Crippen molar-refractivity contribution in [3.8, 4) is 21.8 Å². The van der Waals surface area contributed by atoms with Gasteiger partial charge in [0.1, 0.15) is 5.01 Å². The first-order chi connectivity index (χ1) is 10.8. The number of aryl methyl sites for hydroxylation is 1. The van der Waals surface area contributed by atoms with E-state index in [0.29, 0.717) is 6.42 Å². The van der Waals surface area contributed by atoms with Gasteiger partial charge in [-0.15, -0.1) is 11.3 Å². The zero-order chi connectivity index (χ0) is 14.9. The molecule has 0 spiro atoms. The van der Waals surface area contributed by atoms with Crippen molar-refractivity contribution in [3.05, 3.63) is 53.7 Å². The number of nitrogens with one attached hydrogen (secondary N) is 1. The van der Waals surface area contributed by atoms with Crippen LogP contribution < -0.4 is 5.32 Å². The summed E-state index contributed by atoms with van der Waals surface area (Å²) >= 11 is 1.61. The Hall–Kier alpha value is -2.53. The number of benzene rings is 1. The third kappa shape index (κ3) is 2.40. The smallest absolute Gasteiger partial charge is 0.224 e. The molecule has 1 amide bonds. The van der Waals surface area contributed by atoms with Crippen LogP contribution in [-0.4, -0.2) is 15.9 Å². The number of carbonyl (C=O) groups is 1. The number of amides is 1. The number of carbonyl (C=O) groups excluding carboxylic acids is 1. The molecule has 5 heteroatoms. The predicted octanol–water partition coefficient (Wildman–Crippen LogP) is 3.76. The van der Waals surface area contributed by atoms with Crippen LogP contribution >= 0.6 is 11.3 Å². The second-order valence-corrected chi connectivity index (χ2v) is 6.06. The molecule has 0 saturated carbocycles. The minimum atomic E-state index is 0.0905. The van der Waals surface area contributed by atoms with Gasteiger partial charge in [-0.25, -0.2) is 4.98 Å². The van der Waals surface area contributed by atoms with Crippen molar-refractivity contribution in [2.24, 2.45) is 0 Å². The summed E-state index contributed by atoms with van der Waals surface area (Å²) < 4.78 is 0. The Morgan fingerprint density at radius 2 is 2.09 bits per heavy atom. The highest BCUT2D eigenvalue weighted by Gasteiger charge is 2.16. The van der Waals surface area contributed by atoms with E-state index in [1.165, 1.54) is 5.56 Å². The fourth-order valence-electron chi connectivity index (χ4n) is 2.57. The average molecular weight is 307 g/mol. The highest BCUT2D eigenvalue weighted by atomic mass is 32.1. The zero-order valence-electron chi connectivity index (χ0n) is 11.7. The Morgan fingerprint density at radius 1 is 1.14 bits per heavy atom. The van der Waals surface area contributed by atoms with Gasteiger partial charge in [-0.05, 0) is 36.2 Å². The van der Waals surface area contributed by atoms with Crippen LogP contribution in [0.1, 0.15) is 12.0 Å². The molecule has 1 aliphatic rings. The lowest BCUT2D eigenvalue weighted by Crippen LogP contribution is -2.18. The number of hydrogen-bond donors (Lipinski definition) is 1. The van der Waals surface area contributed by atoms with Crippen molar-refractivity contribution in [2.75, 3.05) is 5.32 Å². The van der Waals surface area contributed by atoms with Gasteiger partial charge >= 0.3 is 0 Å². The molecule has 4 rings (SSSR count). The van der Waals surface area contributed by atoms with Crippen LogP contribution in [0.4, 0.5) is 5.69 Å². The van der Waals surface area contributed by atoms with Crippen molar-refractivity contribution in [2.45, 2.75) is 12.8 Å². The summed E-state index contributed by atoms with van der Waals surface area (Å²) in [6, 6.07) is 10.0. The van der Waals surface area contributed by atoms with Gasteiger partial charge < -0.3 is 5.32 Å². The number of pyridine rings is 1. The molecule has 1 N–H and O–H groups in total. The number of nitrogens with zero attached hydrogens (tertiary/aromatic N) is 2. The lowest BCUT2D eigenvalue weighted by Gasteiger charge is -2.17. The largest absolute Gasteiger partial charge is 0.326 e. The van der Waals surface area contributed by atoms with Gasteiger partial charge in [0.2, 0.25) is 5.91 Å². The molecule has 0 saturated heterocycles. The van der Waals surface area contributed by atoms with Crippen molar-refractivity contribution < 1.29 is 4.79 Å². The van der Waals surface area contributed by atoms with Crippen molar-refractivity contribution in [3.63, 3.8) is 0 Å². The highest BCUT2D eigenvalue weighted by molar-refractivity contribution is 7.13. The minimum Gasteiger partial charge on any atom is -0.326 e. The molecule has 0 unspecified atom stereocenters. The van der Waals surface area contributed by atoms with E-state index in [1.807, 2.05) is 30.5 Å².